The van der Waals surface area contributed by atoms with Crippen molar-refractivity contribution >= 4 is 16.5 Å². The molecular formula is C13H22N2O2S. The van der Waals surface area contributed by atoms with E-state index in [9.17, 15) is 5.11 Å². The molecule has 102 valence electrons. The van der Waals surface area contributed by atoms with E-state index >= 15 is 0 Å². The van der Waals surface area contributed by atoms with Gasteiger partial charge in [-0.15, -0.1) is 0 Å². The highest BCUT2D eigenvalue weighted by Crippen LogP contribution is 2.30. The second-order valence-electron chi connectivity index (χ2n) is 4.60. The summed E-state index contributed by atoms with van der Waals surface area (Å²) < 4.78 is 5.52. The Hall–Kier alpha value is -0.650. The van der Waals surface area contributed by atoms with Crippen LogP contribution in [-0.4, -0.2) is 35.9 Å². The number of morpholine rings is 1. The van der Waals surface area contributed by atoms with Gasteiger partial charge in [0.05, 0.1) is 36.4 Å². The van der Waals surface area contributed by atoms with Crippen LogP contribution in [0.4, 0.5) is 5.13 Å². The van der Waals surface area contributed by atoms with Crippen LogP contribution in [0.2, 0.25) is 0 Å². The Kier molecular flexibility index (Phi) is 4.97. The quantitative estimate of drug-likeness (QED) is 0.891. The molecule has 18 heavy (non-hydrogen) atoms. The highest BCUT2D eigenvalue weighted by atomic mass is 32.1. The molecule has 1 fully saturated rings. The van der Waals surface area contributed by atoms with Crippen LogP contribution in [0.1, 0.15) is 37.3 Å². The van der Waals surface area contributed by atoms with Gasteiger partial charge in [0.15, 0.2) is 5.13 Å². The van der Waals surface area contributed by atoms with Crippen molar-refractivity contribution in [1.82, 2.24) is 4.98 Å². The maximum absolute atomic E-state index is 9.41. The predicted octanol–water partition coefficient (Wildman–Crippen LogP) is 2.20. The van der Waals surface area contributed by atoms with Gasteiger partial charge < -0.3 is 14.7 Å². The fourth-order valence-corrected chi connectivity index (χ4v) is 3.36. The number of nitrogens with zero attached hydrogens (tertiary/aromatic N) is 2. The van der Waals surface area contributed by atoms with E-state index in [-0.39, 0.29) is 6.61 Å². The van der Waals surface area contributed by atoms with Gasteiger partial charge in [-0.3, -0.25) is 0 Å². The molecule has 1 saturated heterocycles. The van der Waals surface area contributed by atoms with Gasteiger partial charge in [-0.2, -0.15) is 0 Å². The van der Waals surface area contributed by atoms with E-state index in [0.717, 1.165) is 54.7 Å². The minimum atomic E-state index is 0.105. The van der Waals surface area contributed by atoms with Crippen molar-refractivity contribution in [1.29, 1.82) is 0 Å². The molecule has 0 amide bonds. The highest BCUT2D eigenvalue weighted by Gasteiger charge is 2.25. The molecule has 1 N–H and O–H groups in total. The number of hydrogen-bond donors (Lipinski definition) is 1. The van der Waals surface area contributed by atoms with Gasteiger partial charge >= 0.3 is 0 Å². The Morgan fingerprint density at radius 1 is 1.50 bits per heavy atom. The number of hydrogen-bond acceptors (Lipinski definition) is 5. The van der Waals surface area contributed by atoms with Gasteiger partial charge in [0.2, 0.25) is 0 Å². The average molecular weight is 270 g/mol. The number of ether oxygens (including phenoxy) is 1. The molecule has 2 heterocycles. The van der Waals surface area contributed by atoms with Gasteiger partial charge in [0, 0.05) is 6.54 Å². The standard InChI is InChI=1S/C13H22N2O2S/c1-3-5-11-12(8-16)18-13(14-11)15-6-7-17-9-10(15)4-2/h10,16H,3-9H2,1-2H3. The highest BCUT2D eigenvalue weighted by molar-refractivity contribution is 7.15. The van der Waals surface area contributed by atoms with Crippen LogP contribution in [0.5, 0.6) is 0 Å². The summed E-state index contributed by atoms with van der Waals surface area (Å²) >= 11 is 1.63. The fraction of sp³-hybridized carbons (Fsp3) is 0.769. The zero-order valence-corrected chi connectivity index (χ0v) is 12.0. The summed E-state index contributed by atoms with van der Waals surface area (Å²) in [4.78, 5) is 8.08. The first-order valence-electron chi connectivity index (χ1n) is 6.73. The van der Waals surface area contributed by atoms with Crippen LogP contribution in [0.25, 0.3) is 0 Å². The maximum Gasteiger partial charge on any atom is 0.186 e. The van der Waals surface area contributed by atoms with Gasteiger partial charge in [0.25, 0.3) is 0 Å². The summed E-state index contributed by atoms with van der Waals surface area (Å²) in [6.45, 7) is 6.89. The lowest BCUT2D eigenvalue weighted by atomic mass is 10.2. The third kappa shape index (κ3) is 2.84. The molecule has 1 aromatic heterocycles. The van der Waals surface area contributed by atoms with Crippen LogP contribution >= 0.6 is 11.3 Å². The normalized spacial score (nSPS) is 20.4. The van der Waals surface area contributed by atoms with E-state index in [1.165, 1.54) is 0 Å². The van der Waals surface area contributed by atoms with Crippen molar-refractivity contribution in [2.75, 3.05) is 24.7 Å². The van der Waals surface area contributed by atoms with Gasteiger partial charge in [-0.25, -0.2) is 4.98 Å². The number of aryl methyl sites for hydroxylation is 1. The van der Waals surface area contributed by atoms with Crippen molar-refractivity contribution < 1.29 is 9.84 Å². The summed E-state index contributed by atoms with van der Waals surface area (Å²) in [5, 5.41) is 10.5. The molecule has 0 bridgehead atoms. The largest absolute Gasteiger partial charge is 0.391 e. The second kappa shape index (κ2) is 6.50. The van der Waals surface area contributed by atoms with Gasteiger partial charge in [0.1, 0.15) is 0 Å². The van der Waals surface area contributed by atoms with E-state index < -0.39 is 0 Å². The predicted molar refractivity (Wildman–Crippen MR) is 74.3 cm³/mol. The lowest BCUT2D eigenvalue weighted by Gasteiger charge is -2.34. The van der Waals surface area contributed by atoms with Crippen LogP contribution in [0, 0.1) is 0 Å². The zero-order valence-electron chi connectivity index (χ0n) is 11.2. The van der Waals surface area contributed by atoms with Crippen molar-refractivity contribution in [3.8, 4) is 0 Å². The summed E-state index contributed by atoms with van der Waals surface area (Å²) in [7, 11) is 0. The lowest BCUT2D eigenvalue weighted by Crippen LogP contribution is -2.45. The number of anilines is 1. The molecule has 1 unspecified atom stereocenters. The fourth-order valence-electron chi connectivity index (χ4n) is 2.29. The second-order valence-corrected chi connectivity index (χ2v) is 5.67. The lowest BCUT2D eigenvalue weighted by molar-refractivity contribution is 0.0929. The molecule has 0 spiro atoms. The minimum Gasteiger partial charge on any atom is -0.391 e. The van der Waals surface area contributed by atoms with Crippen LogP contribution in [-0.2, 0) is 17.8 Å². The molecule has 0 radical (unpaired) electrons. The van der Waals surface area contributed by atoms with E-state index in [2.05, 4.69) is 18.7 Å². The number of aliphatic hydroxyl groups is 1. The molecule has 1 atom stereocenters. The van der Waals surface area contributed by atoms with E-state index in [1.54, 1.807) is 11.3 Å². The SMILES string of the molecule is CCCc1nc(N2CCOCC2CC)sc1CO. The van der Waals surface area contributed by atoms with Crippen LogP contribution in [0.3, 0.4) is 0 Å². The monoisotopic (exact) mass is 270 g/mol. The first kappa shape index (κ1) is 13.8. The van der Waals surface area contributed by atoms with E-state index in [4.69, 9.17) is 9.72 Å². The molecule has 0 aliphatic carbocycles. The number of aromatic nitrogens is 1. The molecular weight excluding hydrogens is 248 g/mol. The Labute approximate surface area is 113 Å². The third-order valence-corrected chi connectivity index (χ3v) is 4.46. The molecule has 1 aliphatic heterocycles. The minimum absolute atomic E-state index is 0.105. The molecule has 1 aliphatic rings. The smallest absolute Gasteiger partial charge is 0.186 e. The Balaban J connectivity index is 2.20. The number of thiazole rings is 1. The molecule has 0 aromatic carbocycles. The van der Waals surface area contributed by atoms with Gasteiger partial charge in [-0.1, -0.05) is 31.6 Å². The van der Waals surface area contributed by atoms with Crippen molar-refractivity contribution in [3.05, 3.63) is 10.6 Å². The molecule has 0 saturated carbocycles. The van der Waals surface area contributed by atoms with Crippen LogP contribution < -0.4 is 4.90 Å². The van der Waals surface area contributed by atoms with Crippen molar-refractivity contribution in [2.24, 2.45) is 0 Å². The Morgan fingerprint density at radius 2 is 2.33 bits per heavy atom. The van der Waals surface area contributed by atoms with Crippen molar-refractivity contribution in [2.45, 2.75) is 45.8 Å². The van der Waals surface area contributed by atoms with E-state index in [1.807, 2.05) is 0 Å². The topological polar surface area (TPSA) is 45.6 Å². The van der Waals surface area contributed by atoms with E-state index in [0.29, 0.717) is 6.04 Å². The molecule has 2 rings (SSSR count). The Bertz CT molecular complexity index is 381. The average Bonchev–Trinajstić information content (AvgIpc) is 2.82. The molecule has 1 aromatic rings. The Morgan fingerprint density at radius 3 is 3.00 bits per heavy atom. The van der Waals surface area contributed by atoms with Crippen LogP contribution in [0.15, 0.2) is 0 Å². The number of rotatable bonds is 5. The molecule has 5 heteroatoms. The summed E-state index contributed by atoms with van der Waals surface area (Å²) in [6.07, 6.45) is 3.08. The first-order chi connectivity index (χ1) is 8.80. The third-order valence-electron chi connectivity index (χ3n) is 3.34. The molecule has 4 nitrogen and oxygen atoms in total. The maximum atomic E-state index is 9.41. The van der Waals surface area contributed by atoms with Crippen molar-refractivity contribution in [3.63, 3.8) is 0 Å². The van der Waals surface area contributed by atoms with Gasteiger partial charge in [-0.05, 0) is 12.8 Å². The summed E-state index contributed by atoms with van der Waals surface area (Å²) in [6, 6.07) is 0.422. The summed E-state index contributed by atoms with van der Waals surface area (Å²) in [5.41, 5.74) is 1.07. The summed E-state index contributed by atoms with van der Waals surface area (Å²) in [5.74, 6) is 0. The zero-order chi connectivity index (χ0) is 13.0. The first-order valence-corrected chi connectivity index (χ1v) is 7.55. The number of aliphatic hydroxyl groups excluding tert-OH is 1.